The maximum absolute atomic E-state index is 13.5. The number of anilines is 1. The zero-order valence-electron chi connectivity index (χ0n) is 16.0. The molecule has 0 bridgehead atoms. The lowest BCUT2D eigenvalue weighted by atomic mass is 10.0. The van der Waals surface area contributed by atoms with Gasteiger partial charge in [0.2, 0.25) is 0 Å². The van der Waals surface area contributed by atoms with Crippen molar-refractivity contribution in [3.63, 3.8) is 0 Å². The number of nitrogens with one attached hydrogen (secondary N) is 1. The maximum Gasteiger partial charge on any atom is 0.321 e. The average Bonchev–Trinajstić information content (AvgIpc) is 2.67. The van der Waals surface area contributed by atoms with Gasteiger partial charge in [-0.3, -0.25) is 4.90 Å². The molecule has 1 aliphatic rings. The van der Waals surface area contributed by atoms with Crippen molar-refractivity contribution in [3.05, 3.63) is 59.4 Å². The summed E-state index contributed by atoms with van der Waals surface area (Å²) in [5.74, 6) is 0.542. The minimum absolute atomic E-state index is 0.0392. The topological polar surface area (TPSA) is 44.8 Å². The molecule has 0 fully saturated rings. The van der Waals surface area contributed by atoms with E-state index in [0.717, 1.165) is 35.4 Å². The molecule has 27 heavy (non-hydrogen) atoms. The monoisotopic (exact) mass is 371 g/mol. The molecule has 1 unspecified atom stereocenters. The first kappa shape index (κ1) is 19.2. The number of nitrogens with zero attached hydrogens (tertiary/aromatic N) is 2. The molecule has 0 saturated carbocycles. The van der Waals surface area contributed by atoms with E-state index in [4.69, 9.17) is 4.74 Å². The lowest BCUT2D eigenvalue weighted by Crippen LogP contribution is -2.45. The van der Waals surface area contributed by atoms with Crippen LogP contribution in [0.15, 0.2) is 42.5 Å². The number of rotatable bonds is 5. The Balaban J connectivity index is 1.70. The number of urea groups is 1. The summed E-state index contributed by atoms with van der Waals surface area (Å²) < 4.78 is 18.7. The molecule has 0 spiro atoms. The number of benzene rings is 2. The number of likely N-dealkylation sites (N-methyl/N-ethyl adjacent to an activating group) is 1. The van der Waals surface area contributed by atoms with Crippen molar-refractivity contribution in [2.24, 2.45) is 0 Å². The predicted octanol–water partition coefficient (Wildman–Crippen LogP) is 3.60. The van der Waals surface area contributed by atoms with E-state index in [2.05, 4.69) is 10.2 Å². The van der Waals surface area contributed by atoms with Crippen LogP contribution in [-0.2, 0) is 6.42 Å². The van der Waals surface area contributed by atoms with Gasteiger partial charge in [0.1, 0.15) is 11.6 Å². The van der Waals surface area contributed by atoms with Crippen molar-refractivity contribution in [2.75, 3.05) is 39.2 Å². The van der Waals surface area contributed by atoms with E-state index in [1.54, 1.807) is 18.1 Å². The van der Waals surface area contributed by atoms with Crippen molar-refractivity contribution in [3.8, 4) is 5.75 Å². The SMILES string of the molecule is COc1ccc(C(CNC(=O)N2CCCc3cc(F)ccc32)N(C)C)cc1. The van der Waals surface area contributed by atoms with Crippen LogP contribution in [0.5, 0.6) is 5.75 Å². The van der Waals surface area contributed by atoms with Crippen LogP contribution in [0, 0.1) is 5.82 Å². The number of halogens is 1. The quantitative estimate of drug-likeness (QED) is 0.873. The summed E-state index contributed by atoms with van der Waals surface area (Å²) in [7, 11) is 5.61. The zero-order chi connectivity index (χ0) is 19.4. The highest BCUT2D eigenvalue weighted by molar-refractivity contribution is 5.93. The van der Waals surface area contributed by atoms with Crippen LogP contribution in [0.1, 0.15) is 23.6 Å². The number of methoxy groups -OCH3 is 1. The summed E-state index contributed by atoms with van der Waals surface area (Å²) in [6, 6.07) is 12.4. The first-order chi connectivity index (χ1) is 13.0. The maximum atomic E-state index is 13.5. The fourth-order valence-corrected chi connectivity index (χ4v) is 3.48. The Kier molecular flexibility index (Phi) is 5.96. The number of carbonyl (C=O) groups excluding carboxylic acids is 1. The van der Waals surface area contributed by atoms with E-state index in [1.807, 2.05) is 38.4 Å². The molecule has 1 aliphatic heterocycles. The normalized spacial score (nSPS) is 14.6. The van der Waals surface area contributed by atoms with Crippen molar-refractivity contribution < 1.29 is 13.9 Å². The lowest BCUT2D eigenvalue weighted by Gasteiger charge is -2.31. The first-order valence-electron chi connectivity index (χ1n) is 9.13. The largest absolute Gasteiger partial charge is 0.497 e. The highest BCUT2D eigenvalue weighted by Gasteiger charge is 2.24. The van der Waals surface area contributed by atoms with Crippen LogP contribution in [0.25, 0.3) is 0 Å². The molecule has 0 aliphatic carbocycles. The summed E-state index contributed by atoms with van der Waals surface area (Å²) in [6.45, 7) is 1.12. The third-order valence-electron chi connectivity index (χ3n) is 4.98. The summed E-state index contributed by atoms with van der Waals surface area (Å²) in [4.78, 5) is 16.6. The van der Waals surface area contributed by atoms with Gasteiger partial charge in [0, 0.05) is 18.8 Å². The van der Waals surface area contributed by atoms with Crippen molar-refractivity contribution >= 4 is 11.7 Å². The van der Waals surface area contributed by atoms with Gasteiger partial charge in [0.05, 0.1) is 13.2 Å². The molecule has 1 heterocycles. The Labute approximate surface area is 159 Å². The number of amides is 2. The Bertz CT molecular complexity index is 793. The number of fused-ring (bicyclic) bond motifs is 1. The Hall–Kier alpha value is -2.60. The molecule has 1 N–H and O–H groups in total. The van der Waals surface area contributed by atoms with Gasteiger partial charge < -0.3 is 15.0 Å². The molecule has 0 saturated heterocycles. The molecular formula is C21H26FN3O2. The van der Waals surface area contributed by atoms with Gasteiger partial charge in [-0.1, -0.05) is 12.1 Å². The fourth-order valence-electron chi connectivity index (χ4n) is 3.48. The van der Waals surface area contributed by atoms with Crippen LogP contribution >= 0.6 is 0 Å². The summed E-state index contributed by atoms with van der Waals surface area (Å²) in [6.07, 6.45) is 1.63. The number of hydrogen-bond acceptors (Lipinski definition) is 3. The molecule has 2 amide bonds. The summed E-state index contributed by atoms with van der Waals surface area (Å²) >= 11 is 0. The smallest absolute Gasteiger partial charge is 0.321 e. The van der Waals surface area contributed by atoms with Crippen LogP contribution in [-0.4, -0.2) is 45.2 Å². The zero-order valence-corrected chi connectivity index (χ0v) is 16.0. The number of aryl methyl sites for hydroxylation is 1. The van der Waals surface area contributed by atoms with Gasteiger partial charge in [-0.2, -0.15) is 0 Å². The second-order valence-corrected chi connectivity index (χ2v) is 6.97. The standard InChI is InChI=1S/C21H26FN3O2/c1-24(2)20(15-6-9-18(27-3)10-7-15)14-23-21(26)25-12-4-5-16-13-17(22)8-11-19(16)25/h6-11,13,20H,4-5,12,14H2,1-3H3,(H,23,26). The molecule has 5 nitrogen and oxygen atoms in total. The highest BCUT2D eigenvalue weighted by Crippen LogP contribution is 2.28. The van der Waals surface area contributed by atoms with Gasteiger partial charge >= 0.3 is 6.03 Å². The van der Waals surface area contributed by atoms with Crippen molar-refractivity contribution in [1.82, 2.24) is 10.2 Å². The summed E-state index contributed by atoms with van der Waals surface area (Å²) in [5.41, 5.74) is 2.78. The average molecular weight is 371 g/mol. The van der Waals surface area contributed by atoms with Gasteiger partial charge in [0.25, 0.3) is 0 Å². The third-order valence-corrected chi connectivity index (χ3v) is 4.98. The molecular weight excluding hydrogens is 345 g/mol. The van der Waals surface area contributed by atoms with Crippen molar-refractivity contribution in [2.45, 2.75) is 18.9 Å². The van der Waals surface area contributed by atoms with E-state index >= 15 is 0 Å². The van der Waals surface area contributed by atoms with E-state index < -0.39 is 0 Å². The minimum Gasteiger partial charge on any atom is -0.497 e. The van der Waals surface area contributed by atoms with Crippen LogP contribution in [0.3, 0.4) is 0 Å². The number of carbonyl (C=O) groups is 1. The predicted molar refractivity (Wildman–Crippen MR) is 105 cm³/mol. The molecule has 2 aromatic carbocycles. The van der Waals surface area contributed by atoms with Crippen LogP contribution < -0.4 is 15.0 Å². The molecule has 2 aromatic rings. The van der Waals surface area contributed by atoms with Crippen LogP contribution in [0.2, 0.25) is 0 Å². The number of ether oxygens (including phenoxy) is 1. The lowest BCUT2D eigenvalue weighted by molar-refractivity contribution is 0.237. The fraction of sp³-hybridized carbons (Fsp3) is 0.381. The summed E-state index contributed by atoms with van der Waals surface area (Å²) in [5, 5.41) is 3.04. The van der Waals surface area contributed by atoms with Gasteiger partial charge in [-0.25, -0.2) is 9.18 Å². The van der Waals surface area contributed by atoms with Gasteiger partial charge in [-0.15, -0.1) is 0 Å². The Morgan fingerprint density at radius 2 is 2.00 bits per heavy atom. The second-order valence-electron chi connectivity index (χ2n) is 6.97. The Morgan fingerprint density at radius 3 is 2.67 bits per heavy atom. The van der Waals surface area contributed by atoms with E-state index in [9.17, 15) is 9.18 Å². The molecule has 0 radical (unpaired) electrons. The van der Waals surface area contributed by atoms with Gasteiger partial charge in [0.15, 0.2) is 0 Å². The van der Waals surface area contributed by atoms with E-state index in [0.29, 0.717) is 13.1 Å². The van der Waals surface area contributed by atoms with Crippen molar-refractivity contribution in [1.29, 1.82) is 0 Å². The first-order valence-corrected chi connectivity index (χ1v) is 9.13. The molecule has 144 valence electrons. The third kappa shape index (κ3) is 4.39. The number of hydrogen-bond donors (Lipinski definition) is 1. The molecule has 0 aromatic heterocycles. The molecule has 6 heteroatoms. The van der Waals surface area contributed by atoms with Crippen LogP contribution in [0.4, 0.5) is 14.9 Å². The van der Waals surface area contributed by atoms with Gasteiger partial charge in [-0.05, 0) is 68.4 Å². The van der Waals surface area contributed by atoms with E-state index in [1.165, 1.54) is 12.1 Å². The minimum atomic E-state index is -0.261. The second kappa shape index (κ2) is 8.39. The Morgan fingerprint density at radius 1 is 1.26 bits per heavy atom. The van der Waals surface area contributed by atoms with E-state index in [-0.39, 0.29) is 17.9 Å². The highest BCUT2D eigenvalue weighted by atomic mass is 19.1. The molecule has 1 atom stereocenters. The molecule has 3 rings (SSSR count).